The molecule has 8 heavy (non-hydrogen) atoms. The van der Waals surface area contributed by atoms with Crippen LogP contribution in [0.2, 0.25) is 0 Å². The molecule has 0 aliphatic carbocycles. The predicted octanol–water partition coefficient (Wildman–Crippen LogP) is 0.854. The summed E-state index contributed by atoms with van der Waals surface area (Å²) in [4.78, 5) is 0. The summed E-state index contributed by atoms with van der Waals surface area (Å²) in [6, 6.07) is 0. The Morgan fingerprint density at radius 2 is 2.50 bits per heavy atom. The molecule has 0 aromatic heterocycles. The second-order valence-corrected chi connectivity index (χ2v) is 2.28. The molecule has 2 atom stereocenters. The molecule has 1 fully saturated rings. The maximum absolute atomic E-state index is 5.43. The van der Waals surface area contributed by atoms with Gasteiger partial charge in [0, 0.05) is 0 Å². The topological polar surface area (TPSA) is 18.5 Å². The summed E-state index contributed by atoms with van der Waals surface area (Å²) in [6.45, 7) is 0.567. The molecular weight excluding hydrogens is 148 g/mol. The van der Waals surface area contributed by atoms with E-state index >= 15 is 0 Å². The third-order valence-electron chi connectivity index (χ3n) is 0.906. The molecule has 4 heteroatoms. The minimum absolute atomic E-state index is 0.0409. The van der Waals surface area contributed by atoms with Gasteiger partial charge in [-0.2, -0.15) is 0 Å². The summed E-state index contributed by atoms with van der Waals surface area (Å²) in [5.41, 5.74) is -0.362. The van der Waals surface area contributed by atoms with Gasteiger partial charge < -0.3 is 9.47 Å². The average Bonchev–Trinajstić information content (AvgIpc) is 2.14. The second kappa shape index (κ2) is 2.92. The Kier molecular flexibility index (Phi) is 2.43. The third kappa shape index (κ3) is 1.52. The largest absolute Gasteiger partial charge is 0.341 e. The Morgan fingerprint density at radius 1 is 1.75 bits per heavy atom. The SMILES string of the molecule is SC1OCC(CCl)O1. The lowest BCUT2D eigenvalue weighted by molar-refractivity contribution is 0.0208. The molecular formula is C4H7ClO2S. The van der Waals surface area contributed by atoms with Gasteiger partial charge in [-0.15, -0.1) is 24.2 Å². The van der Waals surface area contributed by atoms with Gasteiger partial charge in [0.15, 0.2) is 0 Å². The van der Waals surface area contributed by atoms with Gasteiger partial charge in [-0.1, -0.05) is 0 Å². The van der Waals surface area contributed by atoms with E-state index in [1.165, 1.54) is 0 Å². The van der Waals surface area contributed by atoms with Gasteiger partial charge in [0.1, 0.15) is 0 Å². The van der Waals surface area contributed by atoms with Crippen molar-refractivity contribution in [2.45, 2.75) is 11.7 Å². The number of rotatable bonds is 1. The van der Waals surface area contributed by atoms with Crippen molar-refractivity contribution in [2.24, 2.45) is 0 Å². The monoisotopic (exact) mass is 154 g/mol. The van der Waals surface area contributed by atoms with Crippen LogP contribution in [-0.2, 0) is 9.47 Å². The third-order valence-corrected chi connectivity index (χ3v) is 1.52. The number of ether oxygens (including phenoxy) is 2. The van der Waals surface area contributed by atoms with Crippen molar-refractivity contribution in [1.29, 1.82) is 0 Å². The van der Waals surface area contributed by atoms with Crippen molar-refractivity contribution < 1.29 is 9.47 Å². The molecule has 0 amide bonds. The van der Waals surface area contributed by atoms with Crippen LogP contribution in [0.25, 0.3) is 0 Å². The van der Waals surface area contributed by atoms with Crippen molar-refractivity contribution in [2.75, 3.05) is 12.5 Å². The van der Waals surface area contributed by atoms with Crippen LogP contribution in [0.5, 0.6) is 0 Å². The van der Waals surface area contributed by atoms with Crippen LogP contribution in [0, 0.1) is 0 Å². The smallest absolute Gasteiger partial charge is 0.204 e. The summed E-state index contributed by atoms with van der Waals surface area (Å²) in [5, 5.41) is 0. The van der Waals surface area contributed by atoms with Crippen molar-refractivity contribution in [1.82, 2.24) is 0 Å². The summed E-state index contributed by atoms with van der Waals surface area (Å²) < 4.78 is 9.93. The number of thiol groups is 1. The summed E-state index contributed by atoms with van der Waals surface area (Å²) in [5.74, 6) is 0.483. The quantitative estimate of drug-likeness (QED) is 0.446. The lowest BCUT2D eigenvalue weighted by Gasteiger charge is -2.00. The van der Waals surface area contributed by atoms with Crippen LogP contribution in [0.15, 0.2) is 0 Å². The van der Waals surface area contributed by atoms with Gasteiger partial charge in [-0.05, 0) is 0 Å². The maximum Gasteiger partial charge on any atom is 0.204 e. The second-order valence-electron chi connectivity index (χ2n) is 1.55. The van der Waals surface area contributed by atoms with Gasteiger partial charge >= 0.3 is 0 Å². The first-order valence-electron chi connectivity index (χ1n) is 2.34. The van der Waals surface area contributed by atoms with Crippen LogP contribution in [0.1, 0.15) is 0 Å². The van der Waals surface area contributed by atoms with E-state index in [-0.39, 0.29) is 11.7 Å². The van der Waals surface area contributed by atoms with E-state index in [0.29, 0.717) is 12.5 Å². The zero-order chi connectivity index (χ0) is 5.98. The fraction of sp³-hybridized carbons (Fsp3) is 1.00. The minimum Gasteiger partial charge on any atom is -0.341 e. The van der Waals surface area contributed by atoms with E-state index in [2.05, 4.69) is 12.6 Å². The van der Waals surface area contributed by atoms with Crippen LogP contribution in [0.3, 0.4) is 0 Å². The molecule has 0 N–H and O–H groups in total. The maximum atomic E-state index is 5.43. The lowest BCUT2D eigenvalue weighted by atomic mass is 10.4. The highest BCUT2D eigenvalue weighted by Crippen LogP contribution is 2.14. The van der Waals surface area contributed by atoms with Gasteiger partial charge in [-0.3, -0.25) is 0 Å². The molecule has 1 aliphatic rings. The Labute approximate surface area is 58.5 Å². The van der Waals surface area contributed by atoms with Crippen molar-refractivity contribution in [3.8, 4) is 0 Å². The molecule has 0 spiro atoms. The highest BCUT2D eigenvalue weighted by molar-refractivity contribution is 7.80. The van der Waals surface area contributed by atoms with Crippen LogP contribution >= 0.6 is 24.2 Å². The molecule has 1 saturated heterocycles. The molecule has 48 valence electrons. The fourth-order valence-electron chi connectivity index (χ4n) is 0.514. The molecule has 2 nitrogen and oxygen atoms in total. The van der Waals surface area contributed by atoms with Gasteiger partial charge in [0.2, 0.25) is 5.62 Å². The number of hydrogen-bond donors (Lipinski definition) is 1. The van der Waals surface area contributed by atoms with Gasteiger partial charge in [0.25, 0.3) is 0 Å². The van der Waals surface area contributed by atoms with E-state index in [1.54, 1.807) is 0 Å². The lowest BCUT2D eigenvalue weighted by Crippen LogP contribution is -2.10. The van der Waals surface area contributed by atoms with Crippen LogP contribution in [-0.4, -0.2) is 24.2 Å². The normalized spacial score (nSPS) is 38.2. The van der Waals surface area contributed by atoms with E-state index in [0.717, 1.165) is 0 Å². The molecule has 1 rings (SSSR count). The van der Waals surface area contributed by atoms with Gasteiger partial charge in [0.05, 0.1) is 18.6 Å². The summed E-state index contributed by atoms with van der Waals surface area (Å²) in [6.07, 6.45) is 0.0409. The minimum atomic E-state index is -0.362. The van der Waals surface area contributed by atoms with Crippen molar-refractivity contribution in [3.63, 3.8) is 0 Å². The van der Waals surface area contributed by atoms with Crippen molar-refractivity contribution in [3.05, 3.63) is 0 Å². The molecule has 1 aliphatic heterocycles. The molecule has 0 saturated carbocycles. The Morgan fingerprint density at radius 3 is 2.75 bits per heavy atom. The number of halogens is 1. The Balaban J connectivity index is 2.22. The number of alkyl halides is 1. The van der Waals surface area contributed by atoms with E-state index in [1.807, 2.05) is 0 Å². The van der Waals surface area contributed by atoms with E-state index in [4.69, 9.17) is 21.1 Å². The molecule has 1 heterocycles. The Hall–Kier alpha value is 0.560. The predicted molar refractivity (Wildman–Crippen MR) is 34.3 cm³/mol. The Bertz CT molecular complexity index is 80.4. The van der Waals surface area contributed by atoms with E-state index in [9.17, 15) is 0 Å². The molecule has 0 aromatic rings. The van der Waals surface area contributed by atoms with Crippen LogP contribution < -0.4 is 0 Å². The first kappa shape index (κ1) is 6.68. The van der Waals surface area contributed by atoms with Crippen molar-refractivity contribution >= 4 is 24.2 Å². The summed E-state index contributed by atoms with van der Waals surface area (Å²) in [7, 11) is 0. The van der Waals surface area contributed by atoms with E-state index < -0.39 is 0 Å². The van der Waals surface area contributed by atoms with Gasteiger partial charge in [-0.25, -0.2) is 0 Å². The standard InChI is InChI=1S/C4H7ClO2S/c5-1-3-2-6-4(8)7-3/h3-4,8H,1-2H2. The molecule has 0 radical (unpaired) electrons. The highest BCUT2D eigenvalue weighted by Gasteiger charge is 2.21. The zero-order valence-corrected chi connectivity index (χ0v) is 5.86. The zero-order valence-electron chi connectivity index (χ0n) is 4.21. The number of hydrogen-bond acceptors (Lipinski definition) is 3. The first-order valence-corrected chi connectivity index (χ1v) is 3.39. The average molecular weight is 155 g/mol. The first-order chi connectivity index (χ1) is 3.83. The fourth-order valence-corrected chi connectivity index (χ4v) is 0.934. The molecule has 0 bridgehead atoms. The summed E-state index contributed by atoms with van der Waals surface area (Å²) >= 11 is 9.34. The molecule has 2 unspecified atom stereocenters. The highest BCUT2D eigenvalue weighted by atomic mass is 35.5. The molecule has 0 aromatic carbocycles. The van der Waals surface area contributed by atoms with Crippen LogP contribution in [0.4, 0.5) is 0 Å².